The first kappa shape index (κ1) is 16.4. The van der Waals surface area contributed by atoms with E-state index in [1.165, 1.54) is 16.0 Å². The molecule has 4 rings (SSSR count). The van der Waals surface area contributed by atoms with Gasteiger partial charge in [0, 0.05) is 14.8 Å². The number of nitrogens with zero attached hydrogens (tertiary/aromatic N) is 3. The molecule has 5 nitrogen and oxygen atoms in total. The molecule has 1 N–H and O–H groups in total. The van der Waals surface area contributed by atoms with Crippen molar-refractivity contribution in [3.05, 3.63) is 57.3 Å². The smallest absolute Gasteiger partial charge is 0.253 e. The number of aryl methyl sites for hydroxylation is 1. The fraction of sp³-hybridized carbons (Fsp3) is 0.118. The first-order chi connectivity index (χ1) is 12.0. The lowest BCUT2D eigenvalue weighted by molar-refractivity contribution is -0.118. The maximum Gasteiger partial charge on any atom is 0.253 e. The third kappa shape index (κ3) is 2.99. The van der Waals surface area contributed by atoms with Crippen molar-refractivity contribution in [1.82, 2.24) is 9.78 Å². The van der Waals surface area contributed by atoms with Crippen LogP contribution >= 0.6 is 34.7 Å². The zero-order valence-electron chi connectivity index (χ0n) is 13.2. The Hall–Kier alpha value is -2.09. The second-order valence-electron chi connectivity index (χ2n) is 5.49. The quantitative estimate of drug-likeness (QED) is 0.715. The Morgan fingerprint density at radius 2 is 1.96 bits per heavy atom. The summed E-state index contributed by atoms with van der Waals surface area (Å²) in [6, 6.07) is 13.3. The van der Waals surface area contributed by atoms with E-state index in [4.69, 9.17) is 17.0 Å². The van der Waals surface area contributed by atoms with Crippen molar-refractivity contribution >= 4 is 52.0 Å². The number of aromatic nitrogens is 2. The largest absolute Gasteiger partial charge is 0.277 e. The molecule has 2 aromatic carbocycles. The summed E-state index contributed by atoms with van der Waals surface area (Å²) in [5, 5.41) is 13.5. The van der Waals surface area contributed by atoms with E-state index < -0.39 is 0 Å². The molecule has 0 radical (unpaired) electrons. The van der Waals surface area contributed by atoms with Gasteiger partial charge >= 0.3 is 0 Å². The highest BCUT2D eigenvalue weighted by Crippen LogP contribution is 2.48. The molecule has 2 heterocycles. The van der Waals surface area contributed by atoms with Crippen LogP contribution in [0.1, 0.15) is 5.01 Å². The fourth-order valence-corrected chi connectivity index (χ4v) is 4.57. The second-order valence-corrected chi connectivity index (χ2v) is 8.20. The van der Waals surface area contributed by atoms with Gasteiger partial charge in [-0.15, -0.1) is 0 Å². The van der Waals surface area contributed by atoms with E-state index in [0.29, 0.717) is 5.02 Å². The van der Waals surface area contributed by atoms with Crippen molar-refractivity contribution in [2.24, 2.45) is 0 Å². The Morgan fingerprint density at radius 1 is 1.20 bits per heavy atom. The average Bonchev–Trinajstić information content (AvgIpc) is 2.89. The van der Waals surface area contributed by atoms with Crippen LogP contribution in [0.25, 0.3) is 0 Å². The molecule has 0 saturated carbocycles. The molecule has 0 saturated heterocycles. The summed E-state index contributed by atoms with van der Waals surface area (Å²) < 4.78 is 1.43. The zero-order chi connectivity index (χ0) is 17.6. The highest BCUT2D eigenvalue weighted by Gasteiger charge is 2.28. The minimum absolute atomic E-state index is 0.00806. The Balaban J connectivity index is 1.80. The van der Waals surface area contributed by atoms with Gasteiger partial charge in [-0.25, -0.2) is 4.68 Å². The second kappa shape index (κ2) is 6.33. The number of rotatable bonds is 2. The number of carbonyl (C=O) groups is 1. The molecule has 1 amide bonds. The molecule has 0 aliphatic carbocycles. The molecule has 8 heteroatoms. The number of anilines is 2. The van der Waals surface area contributed by atoms with E-state index in [1.54, 1.807) is 22.7 Å². The number of hydrogen-bond acceptors (Lipinski definition) is 5. The number of fused-ring (bicyclic) bond motifs is 2. The number of halogens is 1. The lowest BCUT2D eigenvalue weighted by Crippen LogP contribution is -2.34. The van der Waals surface area contributed by atoms with Crippen molar-refractivity contribution in [3.8, 4) is 0 Å². The first-order valence-electron chi connectivity index (χ1n) is 7.51. The summed E-state index contributed by atoms with van der Waals surface area (Å²) in [6.07, 6.45) is 0. The van der Waals surface area contributed by atoms with Gasteiger partial charge in [0.25, 0.3) is 5.91 Å². The van der Waals surface area contributed by atoms with E-state index >= 15 is 0 Å². The summed E-state index contributed by atoms with van der Waals surface area (Å²) in [6.45, 7) is 1.83. The van der Waals surface area contributed by atoms with Gasteiger partial charge in [-0.2, -0.15) is 5.10 Å². The Labute approximate surface area is 157 Å². The first-order valence-corrected chi connectivity index (χ1v) is 9.52. The van der Waals surface area contributed by atoms with Crippen LogP contribution in [0.15, 0.2) is 52.3 Å². The van der Waals surface area contributed by atoms with Gasteiger partial charge in [-0.3, -0.25) is 15.1 Å². The van der Waals surface area contributed by atoms with Crippen LogP contribution in [0.2, 0.25) is 5.02 Å². The summed E-state index contributed by atoms with van der Waals surface area (Å²) >= 11 is 9.04. The Bertz CT molecular complexity index is 1040. The predicted octanol–water partition coefficient (Wildman–Crippen LogP) is 4.22. The van der Waals surface area contributed by atoms with E-state index in [1.807, 2.05) is 43.3 Å². The minimum atomic E-state index is -0.153. The van der Waals surface area contributed by atoms with Crippen LogP contribution in [0.3, 0.4) is 0 Å². The number of para-hydroxylation sites is 1. The molecule has 0 spiro atoms. The van der Waals surface area contributed by atoms with Crippen molar-refractivity contribution in [2.75, 3.05) is 4.90 Å². The summed E-state index contributed by atoms with van der Waals surface area (Å²) in [5.41, 5.74) is 1.59. The summed E-state index contributed by atoms with van der Waals surface area (Å²) in [4.78, 5) is 17.0. The van der Waals surface area contributed by atoms with Crippen molar-refractivity contribution in [2.45, 2.75) is 23.3 Å². The molecule has 1 aromatic heterocycles. The van der Waals surface area contributed by atoms with E-state index in [2.05, 4.69) is 5.10 Å². The third-order valence-electron chi connectivity index (χ3n) is 3.76. The normalized spacial score (nSPS) is 12.6. The standard InChI is InChI=1S/C17H13ClN4OS2/c1-10-20-21(17(19)24-10)9-16(23)22-12-4-2-3-5-14(12)25-15-7-6-11(18)8-13(15)22/h2-8,19H,9H2,1H3. The van der Waals surface area contributed by atoms with Crippen molar-refractivity contribution in [3.63, 3.8) is 0 Å². The Morgan fingerprint density at radius 3 is 2.72 bits per heavy atom. The van der Waals surface area contributed by atoms with Crippen LogP contribution in [-0.4, -0.2) is 15.7 Å². The molecule has 1 aliphatic rings. The van der Waals surface area contributed by atoms with Gasteiger partial charge in [-0.05, 0) is 37.3 Å². The summed E-state index contributed by atoms with van der Waals surface area (Å²) in [7, 11) is 0. The van der Waals surface area contributed by atoms with Crippen molar-refractivity contribution in [1.29, 1.82) is 5.41 Å². The lowest BCUT2D eigenvalue weighted by atomic mass is 10.2. The lowest BCUT2D eigenvalue weighted by Gasteiger charge is -2.31. The van der Waals surface area contributed by atoms with Gasteiger partial charge in [0.1, 0.15) is 11.6 Å². The monoisotopic (exact) mass is 388 g/mol. The SMILES string of the molecule is Cc1nn(CC(=O)N2c3ccccc3Sc3ccc(Cl)cc32)c(=N)s1. The third-order valence-corrected chi connectivity index (χ3v) is 5.91. The van der Waals surface area contributed by atoms with E-state index in [9.17, 15) is 4.79 Å². The van der Waals surface area contributed by atoms with Gasteiger partial charge < -0.3 is 0 Å². The molecule has 3 aromatic rings. The van der Waals surface area contributed by atoms with Crippen LogP contribution in [-0.2, 0) is 11.3 Å². The number of benzene rings is 2. The number of amides is 1. The van der Waals surface area contributed by atoms with Gasteiger partial charge in [0.05, 0.1) is 11.4 Å². The molecule has 0 atom stereocenters. The topological polar surface area (TPSA) is 62.0 Å². The highest BCUT2D eigenvalue weighted by molar-refractivity contribution is 7.99. The molecule has 25 heavy (non-hydrogen) atoms. The van der Waals surface area contributed by atoms with Crippen LogP contribution < -0.4 is 9.70 Å². The Kier molecular flexibility index (Phi) is 4.15. The number of nitrogens with one attached hydrogen (secondary N) is 1. The van der Waals surface area contributed by atoms with Crippen LogP contribution in [0.5, 0.6) is 0 Å². The minimum Gasteiger partial charge on any atom is -0.277 e. The maximum absolute atomic E-state index is 13.1. The van der Waals surface area contributed by atoms with E-state index in [0.717, 1.165) is 26.2 Å². The van der Waals surface area contributed by atoms with Crippen LogP contribution in [0, 0.1) is 12.3 Å². The average molecular weight is 389 g/mol. The molecular weight excluding hydrogens is 376 g/mol. The van der Waals surface area contributed by atoms with E-state index in [-0.39, 0.29) is 17.3 Å². The van der Waals surface area contributed by atoms with Crippen molar-refractivity contribution < 1.29 is 4.79 Å². The molecule has 0 fully saturated rings. The fourth-order valence-electron chi connectivity index (χ4n) is 2.73. The van der Waals surface area contributed by atoms with Gasteiger partial charge in [0.15, 0.2) is 0 Å². The van der Waals surface area contributed by atoms with Gasteiger partial charge in [-0.1, -0.05) is 46.8 Å². The molecule has 0 unspecified atom stereocenters. The highest BCUT2D eigenvalue weighted by atomic mass is 35.5. The van der Waals surface area contributed by atoms with Crippen LogP contribution in [0.4, 0.5) is 11.4 Å². The number of hydrogen-bond donors (Lipinski definition) is 1. The zero-order valence-corrected chi connectivity index (χ0v) is 15.6. The molecule has 1 aliphatic heterocycles. The molecule has 126 valence electrons. The predicted molar refractivity (Wildman–Crippen MR) is 99.9 cm³/mol. The summed E-state index contributed by atoms with van der Waals surface area (Å²) in [5.74, 6) is -0.153. The molecule has 0 bridgehead atoms. The number of carbonyl (C=O) groups excluding carboxylic acids is 1. The van der Waals surface area contributed by atoms with Gasteiger partial charge in [0.2, 0.25) is 4.80 Å². The molecular formula is C17H13ClN4OS2. The maximum atomic E-state index is 13.1.